The van der Waals surface area contributed by atoms with E-state index >= 15 is 0 Å². The Morgan fingerprint density at radius 2 is 1.95 bits per heavy atom. The van der Waals surface area contributed by atoms with Gasteiger partial charge in [-0.25, -0.2) is 0 Å². The molecule has 0 spiro atoms. The van der Waals surface area contributed by atoms with Gasteiger partial charge in [0.15, 0.2) is 11.5 Å². The first-order chi connectivity index (χ1) is 9.53. The number of ether oxygens (including phenoxy) is 2. The van der Waals surface area contributed by atoms with Gasteiger partial charge < -0.3 is 14.8 Å². The van der Waals surface area contributed by atoms with Crippen LogP contribution in [0.4, 0.5) is 0 Å². The molecule has 1 amide bonds. The molecule has 20 heavy (non-hydrogen) atoms. The monoisotopic (exact) mass is 280 g/mol. The summed E-state index contributed by atoms with van der Waals surface area (Å²) in [6.07, 6.45) is 0. The van der Waals surface area contributed by atoms with Gasteiger partial charge in [0.1, 0.15) is 0 Å². The minimum absolute atomic E-state index is 0.0375. The van der Waals surface area contributed by atoms with Crippen molar-refractivity contribution in [2.24, 2.45) is 0 Å². The Labute approximate surface area is 120 Å². The Hall–Kier alpha value is -1.75. The van der Waals surface area contributed by atoms with Gasteiger partial charge in [-0.2, -0.15) is 0 Å². The molecule has 0 aromatic heterocycles. The molecule has 0 unspecified atom stereocenters. The van der Waals surface area contributed by atoms with Crippen LogP contribution in [0.2, 0.25) is 0 Å². The second-order valence-electron chi connectivity index (χ2n) is 4.68. The molecule has 0 aliphatic heterocycles. The maximum Gasteiger partial charge on any atom is 0.237 e. The standard InChI is InChI=1S/C15H24N2O3/c1-6-16-15(18)11(2)17(3)10-12-7-8-13(19-4)14(9-12)20-5/h7-9,11H,6,10H2,1-5H3,(H,16,18)/t11-/m1/s1. The van der Waals surface area contributed by atoms with Crippen LogP contribution >= 0.6 is 0 Å². The molecule has 1 rings (SSSR count). The third-order valence-corrected chi connectivity index (χ3v) is 3.27. The Bertz CT molecular complexity index is 449. The van der Waals surface area contributed by atoms with Crippen LogP contribution in [-0.2, 0) is 11.3 Å². The number of hydrogen-bond donors (Lipinski definition) is 1. The van der Waals surface area contributed by atoms with Crippen molar-refractivity contribution in [2.45, 2.75) is 26.4 Å². The van der Waals surface area contributed by atoms with E-state index in [1.807, 2.05) is 44.0 Å². The normalized spacial score (nSPS) is 12.1. The predicted octanol–water partition coefficient (Wildman–Crippen LogP) is 1.66. The fourth-order valence-corrected chi connectivity index (χ4v) is 1.93. The Morgan fingerprint density at radius 1 is 1.30 bits per heavy atom. The summed E-state index contributed by atoms with van der Waals surface area (Å²) in [5.41, 5.74) is 1.07. The van der Waals surface area contributed by atoms with E-state index in [4.69, 9.17) is 9.47 Å². The molecule has 5 nitrogen and oxygen atoms in total. The number of nitrogens with zero attached hydrogens (tertiary/aromatic N) is 1. The van der Waals surface area contributed by atoms with E-state index in [1.165, 1.54) is 0 Å². The van der Waals surface area contributed by atoms with Crippen LogP contribution in [0.5, 0.6) is 11.5 Å². The highest BCUT2D eigenvalue weighted by molar-refractivity contribution is 5.81. The minimum Gasteiger partial charge on any atom is -0.493 e. The van der Waals surface area contributed by atoms with Crippen molar-refractivity contribution >= 4 is 5.91 Å². The summed E-state index contributed by atoms with van der Waals surface area (Å²) >= 11 is 0. The predicted molar refractivity (Wildman–Crippen MR) is 79.2 cm³/mol. The molecule has 1 N–H and O–H groups in total. The topological polar surface area (TPSA) is 50.8 Å². The van der Waals surface area contributed by atoms with Gasteiger partial charge in [-0.1, -0.05) is 6.07 Å². The molecule has 0 saturated heterocycles. The molecule has 0 radical (unpaired) electrons. The summed E-state index contributed by atoms with van der Waals surface area (Å²) in [7, 11) is 5.15. The Kier molecular flexibility index (Phi) is 6.31. The van der Waals surface area contributed by atoms with E-state index < -0.39 is 0 Å². The average Bonchev–Trinajstić information content (AvgIpc) is 2.46. The number of carbonyl (C=O) groups is 1. The first-order valence-electron chi connectivity index (χ1n) is 6.72. The van der Waals surface area contributed by atoms with Crippen LogP contribution in [0.3, 0.4) is 0 Å². The van der Waals surface area contributed by atoms with Crippen LogP contribution < -0.4 is 14.8 Å². The highest BCUT2D eigenvalue weighted by Gasteiger charge is 2.17. The lowest BCUT2D eigenvalue weighted by Gasteiger charge is -2.24. The number of methoxy groups -OCH3 is 2. The smallest absolute Gasteiger partial charge is 0.237 e. The van der Waals surface area contributed by atoms with Crippen LogP contribution in [0, 0.1) is 0 Å². The van der Waals surface area contributed by atoms with Crippen LogP contribution in [0.25, 0.3) is 0 Å². The van der Waals surface area contributed by atoms with Gasteiger partial charge in [0.2, 0.25) is 5.91 Å². The fourth-order valence-electron chi connectivity index (χ4n) is 1.93. The lowest BCUT2D eigenvalue weighted by atomic mass is 10.1. The molecule has 0 saturated carbocycles. The van der Waals surface area contributed by atoms with Crippen molar-refractivity contribution < 1.29 is 14.3 Å². The van der Waals surface area contributed by atoms with Gasteiger partial charge in [-0.05, 0) is 38.6 Å². The Morgan fingerprint density at radius 3 is 2.50 bits per heavy atom. The van der Waals surface area contributed by atoms with Crippen molar-refractivity contribution in [3.05, 3.63) is 23.8 Å². The maximum atomic E-state index is 11.8. The molecule has 0 bridgehead atoms. The van der Waals surface area contributed by atoms with Gasteiger partial charge >= 0.3 is 0 Å². The van der Waals surface area contributed by atoms with E-state index in [0.29, 0.717) is 24.6 Å². The SMILES string of the molecule is CCNC(=O)[C@@H](C)N(C)Cc1ccc(OC)c(OC)c1. The first kappa shape index (κ1) is 16.3. The van der Waals surface area contributed by atoms with Gasteiger partial charge in [0.05, 0.1) is 20.3 Å². The van der Waals surface area contributed by atoms with Crippen LogP contribution in [0.15, 0.2) is 18.2 Å². The number of amides is 1. The van der Waals surface area contributed by atoms with Crippen molar-refractivity contribution in [3.63, 3.8) is 0 Å². The highest BCUT2D eigenvalue weighted by atomic mass is 16.5. The van der Waals surface area contributed by atoms with Gasteiger partial charge in [-0.3, -0.25) is 9.69 Å². The summed E-state index contributed by atoms with van der Waals surface area (Å²) in [6.45, 7) is 5.12. The maximum absolute atomic E-state index is 11.8. The summed E-state index contributed by atoms with van der Waals surface area (Å²) in [5, 5.41) is 2.83. The fraction of sp³-hybridized carbons (Fsp3) is 0.533. The number of benzene rings is 1. The third kappa shape index (κ3) is 4.13. The number of carbonyl (C=O) groups excluding carboxylic acids is 1. The zero-order chi connectivity index (χ0) is 15.1. The second-order valence-corrected chi connectivity index (χ2v) is 4.68. The highest BCUT2D eigenvalue weighted by Crippen LogP contribution is 2.28. The molecule has 0 fully saturated rings. The third-order valence-electron chi connectivity index (χ3n) is 3.27. The van der Waals surface area contributed by atoms with Gasteiger partial charge in [0, 0.05) is 13.1 Å². The van der Waals surface area contributed by atoms with E-state index in [1.54, 1.807) is 14.2 Å². The summed E-state index contributed by atoms with van der Waals surface area (Å²) in [4.78, 5) is 13.8. The first-order valence-corrected chi connectivity index (χ1v) is 6.72. The molecular weight excluding hydrogens is 256 g/mol. The molecule has 5 heteroatoms. The average molecular weight is 280 g/mol. The lowest BCUT2D eigenvalue weighted by molar-refractivity contribution is -0.125. The lowest BCUT2D eigenvalue weighted by Crippen LogP contribution is -2.42. The second kappa shape index (κ2) is 7.75. The molecular formula is C15H24N2O3. The van der Waals surface area contributed by atoms with Gasteiger partial charge in [-0.15, -0.1) is 0 Å². The largest absolute Gasteiger partial charge is 0.493 e. The van der Waals surface area contributed by atoms with E-state index in [2.05, 4.69) is 5.32 Å². The molecule has 0 aliphatic rings. The van der Waals surface area contributed by atoms with Crippen molar-refractivity contribution in [1.82, 2.24) is 10.2 Å². The van der Waals surface area contributed by atoms with Crippen molar-refractivity contribution in [1.29, 1.82) is 0 Å². The van der Waals surface area contributed by atoms with E-state index in [0.717, 1.165) is 5.56 Å². The van der Waals surface area contributed by atoms with E-state index in [-0.39, 0.29) is 11.9 Å². The van der Waals surface area contributed by atoms with Crippen molar-refractivity contribution in [2.75, 3.05) is 27.8 Å². The number of likely N-dealkylation sites (N-methyl/N-ethyl adjacent to an activating group) is 2. The van der Waals surface area contributed by atoms with Crippen molar-refractivity contribution in [3.8, 4) is 11.5 Å². The number of hydrogen-bond acceptors (Lipinski definition) is 4. The van der Waals surface area contributed by atoms with Crippen LogP contribution in [-0.4, -0.2) is 44.7 Å². The zero-order valence-electron chi connectivity index (χ0n) is 12.9. The molecule has 1 aromatic carbocycles. The molecule has 0 aliphatic carbocycles. The summed E-state index contributed by atoms with van der Waals surface area (Å²) in [6, 6.07) is 5.60. The number of nitrogens with one attached hydrogen (secondary N) is 1. The van der Waals surface area contributed by atoms with Crippen LogP contribution in [0.1, 0.15) is 19.4 Å². The molecule has 1 atom stereocenters. The molecule has 112 valence electrons. The quantitative estimate of drug-likeness (QED) is 0.825. The summed E-state index contributed by atoms with van der Waals surface area (Å²) < 4.78 is 10.5. The number of rotatable bonds is 7. The van der Waals surface area contributed by atoms with Gasteiger partial charge in [0.25, 0.3) is 0 Å². The minimum atomic E-state index is -0.178. The molecule has 1 aromatic rings. The molecule has 0 heterocycles. The van der Waals surface area contributed by atoms with E-state index in [9.17, 15) is 4.79 Å². The Balaban J connectivity index is 2.75. The summed E-state index contributed by atoms with van der Waals surface area (Å²) in [5.74, 6) is 1.44. The zero-order valence-corrected chi connectivity index (χ0v) is 12.9.